The number of carbonyl (C=O) groups is 3. The first-order valence-corrected chi connectivity index (χ1v) is 8.26. The van der Waals surface area contributed by atoms with Crippen LogP contribution in [0.5, 0.6) is 0 Å². The highest BCUT2D eigenvalue weighted by atomic mass is 16.6. The van der Waals surface area contributed by atoms with Gasteiger partial charge in [-0.25, -0.2) is 0 Å². The van der Waals surface area contributed by atoms with Crippen molar-refractivity contribution in [1.29, 1.82) is 0 Å². The fourth-order valence-corrected chi connectivity index (χ4v) is 3.09. The molecule has 0 radical (unpaired) electrons. The summed E-state index contributed by atoms with van der Waals surface area (Å²) in [6.45, 7) is 3.92. The third-order valence-corrected chi connectivity index (χ3v) is 4.36. The largest absolute Gasteiger partial charge is 0.481 e. The summed E-state index contributed by atoms with van der Waals surface area (Å²) in [5.41, 5.74) is -0.139. The van der Waals surface area contributed by atoms with Crippen molar-refractivity contribution in [2.45, 2.75) is 26.3 Å². The highest BCUT2D eigenvalue weighted by molar-refractivity contribution is 5.98. The molecule has 1 aliphatic rings. The lowest BCUT2D eigenvalue weighted by Gasteiger charge is -2.36. The number of rotatable bonds is 5. The molecule has 2 N–H and O–H groups in total. The normalized spacial score (nSPS) is 20.9. The first kappa shape index (κ1) is 19.4. The van der Waals surface area contributed by atoms with Crippen LogP contribution < -0.4 is 5.32 Å². The van der Waals surface area contributed by atoms with Crippen LogP contribution >= 0.6 is 0 Å². The van der Waals surface area contributed by atoms with E-state index < -0.39 is 28.8 Å². The number of carbonyl (C=O) groups excluding carboxylic acids is 2. The Morgan fingerprint density at radius 2 is 2.04 bits per heavy atom. The number of piperidine rings is 1. The quantitative estimate of drug-likeness (QED) is 0.599. The number of benzene rings is 1. The SMILES string of the molecule is CC1CC(C(=O)O)CN(C(=O)C(C)NC(=O)c2cccc([N+](=O)[O-])c2)C1. The van der Waals surface area contributed by atoms with Gasteiger partial charge in [0.05, 0.1) is 10.8 Å². The van der Waals surface area contributed by atoms with Gasteiger partial charge in [-0.3, -0.25) is 24.5 Å². The Hall–Kier alpha value is -2.97. The van der Waals surface area contributed by atoms with Gasteiger partial charge in [-0.05, 0) is 25.3 Å². The van der Waals surface area contributed by atoms with Crippen molar-refractivity contribution in [3.8, 4) is 0 Å². The molecule has 0 saturated carbocycles. The molecule has 1 aromatic rings. The number of carboxylic acid groups (broad SMARTS) is 1. The summed E-state index contributed by atoms with van der Waals surface area (Å²) in [4.78, 5) is 47.7. The molecule has 1 fully saturated rings. The van der Waals surface area contributed by atoms with Crippen LogP contribution in [-0.4, -0.2) is 51.8 Å². The lowest BCUT2D eigenvalue weighted by Crippen LogP contribution is -2.52. The standard InChI is InChI=1S/C17H21N3O6/c1-10-6-13(17(23)24)9-19(8-10)16(22)11(2)18-15(21)12-4-3-5-14(7-12)20(25)26/h3-5,7,10-11,13H,6,8-9H2,1-2H3,(H,18,21)(H,23,24). The van der Waals surface area contributed by atoms with E-state index in [4.69, 9.17) is 0 Å². The third-order valence-electron chi connectivity index (χ3n) is 4.36. The van der Waals surface area contributed by atoms with Crippen LogP contribution in [0.3, 0.4) is 0 Å². The number of nitrogens with one attached hydrogen (secondary N) is 1. The van der Waals surface area contributed by atoms with Crippen LogP contribution in [0.4, 0.5) is 5.69 Å². The van der Waals surface area contributed by atoms with Crippen LogP contribution in [0, 0.1) is 22.0 Å². The second-order valence-electron chi connectivity index (χ2n) is 6.62. The molecule has 9 nitrogen and oxygen atoms in total. The second kappa shape index (κ2) is 7.94. The highest BCUT2D eigenvalue weighted by Gasteiger charge is 2.33. The number of aliphatic carboxylic acids is 1. The number of likely N-dealkylation sites (tertiary alicyclic amines) is 1. The number of hydrogen-bond acceptors (Lipinski definition) is 5. The Balaban J connectivity index is 2.04. The van der Waals surface area contributed by atoms with Gasteiger partial charge in [0, 0.05) is 30.8 Å². The molecule has 3 unspecified atom stereocenters. The molecule has 2 amide bonds. The number of carboxylic acids is 1. The molecule has 26 heavy (non-hydrogen) atoms. The molecular formula is C17H21N3O6. The lowest BCUT2D eigenvalue weighted by molar-refractivity contribution is -0.384. The van der Waals surface area contributed by atoms with Gasteiger partial charge in [0.25, 0.3) is 11.6 Å². The van der Waals surface area contributed by atoms with Gasteiger partial charge in [-0.2, -0.15) is 0 Å². The third kappa shape index (κ3) is 4.56. The summed E-state index contributed by atoms with van der Waals surface area (Å²) >= 11 is 0. The molecule has 3 atom stereocenters. The molecular weight excluding hydrogens is 342 g/mol. The van der Waals surface area contributed by atoms with Crippen molar-refractivity contribution in [2.75, 3.05) is 13.1 Å². The first-order valence-electron chi connectivity index (χ1n) is 8.26. The molecule has 140 valence electrons. The lowest BCUT2D eigenvalue weighted by atomic mass is 9.90. The highest BCUT2D eigenvalue weighted by Crippen LogP contribution is 2.22. The monoisotopic (exact) mass is 363 g/mol. The van der Waals surface area contributed by atoms with Crippen LogP contribution in [0.25, 0.3) is 0 Å². The number of hydrogen-bond donors (Lipinski definition) is 2. The topological polar surface area (TPSA) is 130 Å². The minimum atomic E-state index is -0.942. The van der Waals surface area contributed by atoms with E-state index in [1.165, 1.54) is 30.0 Å². The molecule has 0 bridgehead atoms. The Morgan fingerprint density at radius 1 is 1.35 bits per heavy atom. The van der Waals surface area contributed by atoms with Gasteiger partial charge in [0.1, 0.15) is 6.04 Å². The Kier molecular flexibility index (Phi) is 5.91. The molecule has 0 spiro atoms. The van der Waals surface area contributed by atoms with E-state index in [9.17, 15) is 29.6 Å². The summed E-state index contributed by atoms with van der Waals surface area (Å²) in [5, 5.41) is 22.5. The fourth-order valence-electron chi connectivity index (χ4n) is 3.09. The number of nitro benzene ring substituents is 1. The van der Waals surface area contributed by atoms with E-state index in [1.807, 2.05) is 6.92 Å². The minimum Gasteiger partial charge on any atom is -0.481 e. The van der Waals surface area contributed by atoms with Gasteiger partial charge < -0.3 is 15.3 Å². The zero-order valence-electron chi connectivity index (χ0n) is 14.5. The van der Waals surface area contributed by atoms with Gasteiger partial charge in [-0.1, -0.05) is 13.0 Å². The van der Waals surface area contributed by atoms with E-state index >= 15 is 0 Å². The Bertz CT molecular complexity index is 735. The molecule has 0 aromatic heterocycles. The fraction of sp³-hybridized carbons (Fsp3) is 0.471. The van der Waals surface area contributed by atoms with Crippen molar-refractivity contribution < 1.29 is 24.4 Å². The van der Waals surface area contributed by atoms with Crippen LogP contribution in [0.15, 0.2) is 24.3 Å². The van der Waals surface area contributed by atoms with Crippen molar-refractivity contribution in [2.24, 2.45) is 11.8 Å². The van der Waals surface area contributed by atoms with Gasteiger partial charge >= 0.3 is 5.97 Å². The maximum absolute atomic E-state index is 12.6. The van der Waals surface area contributed by atoms with E-state index in [1.54, 1.807) is 0 Å². The smallest absolute Gasteiger partial charge is 0.308 e. The predicted octanol–water partition coefficient (Wildman–Crippen LogP) is 1.28. The van der Waals surface area contributed by atoms with E-state index in [0.717, 1.165) is 6.07 Å². The molecule has 2 rings (SSSR count). The summed E-state index contributed by atoms with van der Waals surface area (Å²) in [6.07, 6.45) is 0.507. The molecule has 1 aromatic carbocycles. The predicted molar refractivity (Wildman–Crippen MR) is 91.5 cm³/mol. The van der Waals surface area contributed by atoms with Crippen molar-refractivity contribution in [1.82, 2.24) is 10.2 Å². The minimum absolute atomic E-state index is 0.0495. The van der Waals surface area contributed by atoms with E-state index in [2.05, 4.69) is 5.32 Å². The zero-order valence-corrected chi connectivity index (χ0v) is 14.5. The summed E-state index contributed by atoms with van der Waals surface area (Å²) in [5.74, 6) is -2.49. The van der Waals surface area contributed by atoms with E-state index in [0.29, 0.717) is 13.0 Å². The molecule has 1 heterocycles. The van der Waals surface area contributed by atoms with Crippen LogP contribution in [-0.2, 0) is 9.59 Å². The summed E-state index contributed by atoms with van der Waals surface area (Å²) in [7, 11) is 0. The number of non-ortho nitro benzene ring substituents is 1. The van der Waals surface area contributed by atoms with Crippen molar-refractivity contribution in [3.05, 3.63) is 39.9 Å². The first-order chi connectivity index (χ1) is 12.2. The second-order valence-corrected chi connectivity index (χ2v) is 6.62. The Morgan fingerprint density at radius 3 is 2.65 bits per heavy atom. The molecule has 9 heteroatoms. The molecule has 0 aliphatic carbocycles. The molecule has 1 saturated heterocycles. The van der Waals surface area contributed by atoms with Crippen molar-refractivity contribution >= 4 is 23.5 Å². The number of amides is 2. The van der Waals surface area contributed by atoms with E-state index in [-0.39, 0.29) is 29.6 Å². The maximum Gasteiger partial charge on any atom is 0.308 e. The summed E-state index contributed by atoms with van der Waals surface area (Å²) in [6, 6.07) is 4.34. The number of nitro groups is 1. The zero-order chi connectivity index (χ0) is 19.4. The average Bonchev–Trinajstić information content (AvgIpc) is 2.60. The average molecular weight is 363 g/mol. The van der Waals surface area contributed by atoms with Gasteiger partial charge in [-0.15, -0.1) is 0 Å². The maximum atomic E-state index is 12.6. The molecule has 1 aliphatic heterocycles. The van der Waals surface area contributed by atoms with Gasteiger partial charge in [0.2, 0.25) is 5.91 Å². The Labute approximate surface area is 150 Å². The van der Waals surface area contributed by atoms with Crippen LogP contribution in [0.2, 0.25) is 0 Å². The summed E-state index contributed by atoms with van der Waals surface area (Å²) < 4.78 is 0. The van der Waals surface area contributed by atoms with Crippen molar-refractivity contribution in [3.63, 3.8) is 0 Å². The van der Waals surface area contributed by atoms with Crippen LogP contribution in [0.1, 0.15) is 30.6 Å². The van der Waals surface area contributed by atoms with Gasteiger partial charge in [0.15, 0.2) is 0 Å². The number of nitrogens with zero attached hydrogens (tertiary/aromatic N) is 2.